The van der Waals surface area contributed by atoms with Crippen LogP contribution in [0.1, 0.15) is 28.8 Å². The van der Waals surface area contributed by atoms with Crippen molar-refractivity contribution in [3.8, 4) is 0 Å². The van der Waals surface area contributed by atoms with E-state index in [1.807, 2.05) is 42.5 Å². The van der Waals surface area contributed by atoms with Gasteiger partial charge in [0.2, 0.25) is 5.91 Å². The van der Waals surface area contributed by atoms with E-state index in [4.69, 9.17) is 0 Å². The summed E-state index contributed by atoms with van der Waals surface area (Å²) in [5.41, 5.74) is 1.71. The number of nitrogens with one attached hydrogen (secondary N) is 1. The van der Waals surface area contributed by atoms with Crippen molar-refractivity contribution in [2.24, 2.45) is 0 Å². The minimum absolute atomic E-state index is 0.00117. The summed E-state index contributed by atoms with van der Waals surface area (Å²) in [6, 6.07) is 17.1. The third-order valence-electron chi connectivity index (χ3n) is 3.08. The van der Waals surface area contributed by atoms with Crippen molar-refractivity contribution in [1.82, 2.24) is 5.32 Å². The number of carbonyl (C=O) groups is 2. The molecule has 1 N–H and O–H groups in total. The second-order valence-electron chi connectivity index (χ2n) is 4.69. The Morgan fingerprint density at radius 3 is 2.24 bits per heavy atom. The Morgan fingerprint density at radius 1 is 0.905 bits per heavy atom. The number of halogens is 1. The molecule has 0 aliphatic heterocycles. The van der Waals surface area contributed by atoms with Crippen LogP contribution in [0.15, 0.2) is 54.6 Å². The molecule has 3 nitrogen and oxygen atoms in total. The van der Waals surface area contributed by atoms with E-state index in [1.54, 1.807) is 12.1 Å². The van der Waals surface area contributed by atoms with Crippen LogP contribution in [0.5, 0.6) is 0 Å². The molecule has 0 aliphatic carbocycles. The number of ketones is 1. The van der Waals surface area contributed by atoms with E-state index < -0.39 is 0 Å². The van der Waals surface area contributed by atoms with E-state index in [2.05, 4.69) is 27.9 Å². The largest absolute Gasteiger partial charge is 0.352 e. The molecular formula is C17H16INO2. The Kier molecular flexibility index (Phi) is 5.92. The van der Waals surface area contributed by atoms with Gasteiger partial charge in [-0.15, -0.1) is 0 Å². The number of hydrogen-bond acceptors (Lipinski definition) is 2. The third-order valence-corrected chi connectivity index (χ3v) is 3.80. The highest BCUT2D eigenvalue weighted by Gasteiger charge is 2.09. The lowest BCUT2D eigenvalue weighted by atomic mass is 10.1. The first-order valence-electron chi connectivity index (χ1n) is 6.74. The van der Waals surface area contributed by atoms with Crippen molar-refractivity contribution in [1.29, 1.82) is 0 Å². The van der Waals surface area contributed by atoms with Crippen molar-refractivity contribution < 1.29 is 9.59 Å². The summed E-state index contributed by atoms with van der Waals surface area (Å²) in [5.74, 6) is -0.0982. The molecule has 0 saturated carbocycles. The minimum atomic E-state index is -0.0993. The zero-order valence-electron chi connectivity index (χ0n) is 11.5. The van der Waals surface area contributed by atoms with Crippen LogP contribution in [0.4, 0.5) is 0 Å². The summed E-state index contributed by atoms with van der Waals surface area (Å²) in [6.45, 7) is 0.497. The van der Waals surface area contributed by atoms with Gasteiger partial charge in [-0.3, -0.25) is 9.59 Å². The van der Waals surface area contributed by atoms with Crippen LogP contribution < -0.4 is 5.32 Å². The number of rotatable bonds is 6. The normalized spacial score (nSPS) is 10.1. The smallest absolute Gasteiger partial charge is 0.220 e. The molecule has 108 valence electrons. The molecule has 0 aromatic heterocycles. The molecule has 0 spiro atoms. The average molecular weight is 393 g/mol. The van der Waals surface area contributed by atoms with Crippen LogP contribution in [-0.2, 0) is 11.3 Å². The molecule has 0 fully saturated rings. The Balaban J connectivity index is 1.76. The molecule has 0 bridgehead atoms. The zero-order valence-corrected chi connectivity index (χ0v) is 13.7. The van der Waals surface area contributed by atoms with E-state index in [0.29, 0.717) is 12.1 Å². The lowest BCUT2D eigenvalue weighted by Crippen LogP contribution is -2.23. The van der Waals surface area contributed by atoms with Gasteiger partial charge in [0.05, 0.1) is 0 Å². The van der Waals surface area contributed by atoms with Crippen molar-refractivity contribution in [2.75, 3.05) is 0 Å². The molecule has 2 aromatic carbocycles. The maximum Gasteiger partial charge on any atom is 0.220 e. The lowest BCUT2D eigenvalue weighted by Gasteiger charge is -2.05. The van der Waals surface area contributed by atoms with Crippen molar-refractivity contribution in [2.45, 2.75) is 19.4 Å². The van der Waals surface area contributed by atoms with Gasteiger partial charge in [0.25, 0.3) is 0 Å². The first-order chi connectivity index (χ1) is 10.1. The standard InChI is InChI=1S/C17H16INO2/c18-15-8-6-14(7-9-15)16(20)10-11-17(21)19-12-13-4-2-1-3-5-13/h1-9H,10-12H2,(H,19,21). The van der Waals surface area contributed by atoms with Gasteiger partial charge in [0, 0.05) is 28.5 Å². The molecule has 1 amide bonds. The molecule has 0 atom stereocenters. The first kappa shape index (κ1) is 15.7. The molecule has 0 unspecified atom stereocenters. The van der Waals surface area contributed by atoms with Crippen molar-refractivity contribution in [3.63, 3.8) is 0 Å². The fraction of sp³-hybridized carbons (Fsp3) is 0.176. The molecule has 0 aliphatic rings. The predicted molar refractivity (Wildman–Crippen MR) is 91.0 cm³/mol. The number of amides is 1. The van der Waals surface area contributed by atoms with Gasteiger partial charge in [-0.05, 0) is 40.3 Å². The third kappa shape index (κ3) is 5.30. The van der Waals surface area contributed by atoms with Gasteiger partial charge < -0.3 is 5.32 Å². The highest BCUT2D eigenvalue weighted by molar-refractivity contribution is 14.1. The summed E-state index contributed by atoms with van der Waals surface area (Å²) in [4.78, 5) is 23.7. The van der Waals surface area contributed by atoms with Gasteiger partial charge >= 0.3 is 0 Å². The maximum absolute atomic E-state index is 12.0. The maximum atomic E-state index is 12.0. The summed E-state index contributed by atoms with van der Waals surface area (Å²) < 4.78 is 1.09. The van der Waals surface area contributed by atoms with Gasteiger partial charge in [-0.25, -0.2) is 0 Å². The monoisotopic (exact) mass is 393 g/mol. The highest BCUT2D eigenvalue weighted by atomic mass is 127. The summed E-state index contributed by atoms with van der Waals surface area (Å²) in [7, 11) is 0. The summed E-state index contributed by atoms with van der Waals surface area (Å²) in [6.07, 6.45) is 0.457. The lowest BCUT2D eigenvalue weighted by molar-refractivity contribution is -0.121. The fourth-order valence-electron chi connectivity index (χ4n) is 1.89. The fourth-order valence-corrected chi connectivity index (χ4v) is 2.25. The Bertz CT molecular complexity index is 608. The molecule has 2 aromatic rings. The van der Waals surface area contributed by atoms with Crippen LogP contribution in [0, 0.1) is 3.57 Å². The quantitative estimate of drug-likeness (QED) is 0.603. The molecule has 2 rings (SSSR count). The van der Waals surface area contributed by atoms with E-state index in [-0.39, 0.29) is 24.5 Å². The van der Waals surface area contributed by atoms with Crippen LogP contribution in [0.25, 0.3) is 0 Å². The number of Topliss-reactive ketones (excluding diaryl/α,β-unsaturated/α-hetero) is 1. The number of benzene rings is 2. The van der Waals surface area contributed by atoms with Crippen LogP contribution >= 0.6 is 22.6 Å². The molecule has 0 radical (unpaired) electrons. The van der Waals surface area contributed by atoms with Crippen LogP contribution in [0.2, 0.25) is 0 Å². The molecular weight excluding hydrogens is 377 g/mol. The van der Waals surface area contributed by atoms with Crippen molar-refractivity contribution in [3.05, 3.63) is 69.3 Å². The van der Waals surface area contributed by atoms with Crippen LogP contribution in [0.3, 0.4) is 0 Å². The average Bonchev–Trinajstić information content (AvgIpc) is 2.52. The van der Waals surface area contributed by atoms with E-state index in [9.17, 15) is 9.59 Å². The van der Waals surface area contributed by atoms with Gasteiger partial charge in [-0.1, -0.05) is 42.5 Å². The minimum Gasteiger partial charge on any atom is -0.352 e. The molecule has 0 heterocycles. The first-order valence-corrected chi connectivity index (χ1v) is 7.82. The predicted octanol–water partition coefficient (Wildman–Crippen LogP) is 3.57. The second kappa shape index (κ2) is 7.93. The number of hydrogen-bond donors (Lipinski definition) is 1. The van der Waals surface area contributed by atoms with E-state index in [1.165, 1.54) is 0 Å². The Hall–Kier alpha value is -1.69. The van der Waals surface area contributed by atoms with Crippen molar-refractivity contribution >= 4 is 34.3 Å². The SMILES string of the molecule is O=C(CCC(=O)c1ccc(I)cc1)NCc1ccccc1. The topological polar surface area (TPSA) is 46.2 Å². The van der Waals surface area contributed by atoms with Crippen LogP contribution in [-0.4, -0.2) is 11.7 Å². The summed E-state index contributed by atoms with van der Waals surface area (Å²) >= 11 is 2.19. The Morgan fingerprint density at radius 2 is 1.57 bits per heavy atom. The molecule has 0 saturated heterocycles. The van der Waals surface area contributed by atoms with E-state index in [0.717, 1.165) is 9.13 Å². The van der Waals surface area contributed by atoms with Gasteiger partial charge in [0.1, 0.15) is 0 Å². The second-order valence-corrected chi connectivity index (χ2v) is 5.94. The number of carbonyl (C=O) groups excluding carboxylic acids is 2. The molecule has 4 heteroatoms. The highest BCUT2D eigenvalue weighted by Crippen LogP contribution is 2.10. The van der Waals surface area contributed by atoms with E-state index >= 15 is 0 Å². The van der Waals surface area contributed by atoms with Gasteiger partial charge in [-0.2, -0.15) is 0 Å². The zero-order chi connectivity index (χ0) is 15.1. The molecule has 21 heavy (non-hydrogen) atoms. The van der Waals surface area contributed by atoms with Gasteiger partial charge in [0.15, 0.2) is 5.78 Å². The Labute approximate surface area is 137 Å². The summed E-state index contributed by atoms with van der Waals surface area (Å²) in [5, 5.41) is 2.82.